The van der Waals surface area contributed by atoms with E-state index in [4.69, 9.17) is 0 Å². The Balaban J connectivity index is 0.000000148. The van der Waals surface area contributed by atoms with E-state index < -0.39 is 0 Å². The zero-order valence-corrected chi connectivity index (χ0v) is 82.3. The van der Waals surface area contributed by atoms with E-state index in [0.29, 0.717) is 0 Å². The molecular weight excluding hydrogens is 1810 g/mol. The molecule has 0 radical (unpaired) electrons. The molecule has 0 unspecified atom stereocenters. The van der Waals surface area contributed by atoms with Crippen LogP contribution in [0.25, 0.3) is 221 Å². The standard InChI is InChI=1S/2C72H49N3/c1-5-17-50(18-6-1)53-21-15-23-55(45-53)58-34-43-71-67(48-58)68-49-59(56-24-16-22-54(46-56)51-19-7-2-8-20-51)35-44-72(68)75(71)64-40-38-63(39-41-64)73(60-25-9-3-10-26-60)62-36-31-52(32-37-62)57-33-42-70-66(47-57)65-29-13-14-30-69(65)74(70)61-27-11-4-12-28-61;1-5-15-50(16-6-1)52-25-29-54(30-26-52)58-36-45-71-67(48-58)68-49-59(55-31-27-53(28-32-55)51-17-7-2-8-18-51)37-46-72(68)75(71)64-42-40-63(41-43-64)73(60-19-9-3-10-20-60)62-38-33-56(34-39-62)57-35-44-70-66(47-57)65-23-13-14-24-69(65)74(70)61-21-11-4-12-22-61/h2*1-49H. The topological polar surface area (TPSA) is 26.2 Å². The van der Waals surface area contributed by atoms with Gasteiger partial charge in [0.1, 0.15) is 0 Å². The molecular formula is C144H98N6. The summed E-state index contributed by atoms with van der Waals surface area (Å²) >= 11 is 0. The fraction of sp³-hybridized carbons (Fsp3) is 0. The van der Waals surface area contributed by atoms with Crippen molar-refractivity contribution in [2.45, 2.75) is 0 Å². The van der Waals surface area contributed by atoms with E-state index in [1.807, 2.05) is 0 Å². The molecule has 4 heterocycles. The average molecular weight is 1910 g/mol. The van der Waals surface area contributed by atoms with Gasteiger partial charge in [-0.25, -0.2) is 0 Å². The Morgan fingerprint density at radius 2 is 0.247 bits per heavy atom. The molecule has 0 aliphatic rings. The van der Waals surface area contributed by atoms with Gasteiger partial charge in [0.25, 0.3) is 0 Å². The molecule has 6 nitrogen and oxygen atoms in total. The first kappa shape index (κ1) is 89.0. The summed E-state index contributed by atoms with van der Waals surface area (Å²) in [6.45, 7) is 0. The lowest BCUT2D eigenvalue weighted by Gasteiger charge is -2.26. The normalized spacial score (nSPS) is 11.5. The predicted octanol–water partition coefficient (Wildman–Crippen LogP) is 39.4. The molecule has 0 saturated heterocycles. The summed E-state index contributed by atoms with van der Waals surface area (Å²) in [5, 5.41) is 9.84. The molecule has 28 aromatic rings. The van der Waals surface area contributed by atoms with Crippen LogP contribution in [0.1, 0.15) is 0 Å². The van der Waals surface area contributed by atoms with Gasteiger partial charge in [0.2, 0.25) is 0 Å². The van der Waals surface area contributed by atoms with Crippen LogP contribution in [-0.2, 0) is 0 Å². The van der Waals surface area contributed by atoms with E-state index >= 15 is 0 Å². The van der Waals surface area contributed by atoms with Crippen LogP contribution in [0.5, 0.6) is 0 Å². The van der Waals surface area contributed by atoms with Gasteiger partial charge < -0.3 is 28.1 Å². The number of nitrogens with zero attached hydrogens (tertiary/aromatic N) is 6. The van der Waals surface area contributed by atoms with Crippen LogP contribution in [-0.4, -0.2) is 18.3 Å². The van der Waals surface area contributed by atoms with Crippen LogP contribution in [0, 0.1) is 0 Å². The van der Waals surface area contributed by atoms with Crippen LogP contribution >= 0.6 is 0 Å². The Morgan fingerprint density at radius 3 is 0.520 bits per heavy atom. The molecule has 6 heteroatoms. The summed E-state index contributed by atoms with van der Waals surface area (Å²) in [5.41, 5.74) is 44.5. The number of aromatic nitrogens is 4. The van der Waals surface area contributed by atoms with Crippen molar-refractivity contribution in [3.8, 4) is 134 Å². The average Bonchev–Trinajstić information content (AvgIpc) is 1.58. The quantitative estimate of drug-likeness (QED) is 0.0760. The lowest BCUT2D eigenvalue weighted by atomic mass is 9.96. The molecule has 0 aliphatic heterocycles. The molecule has 4 aromatic heterocycles. The fourth-order valence-corrected chi connectivity index (χ4v) is 22.5. The van der Waals surface area contributed by atoms with Gasteiger partial charge in [-0.3, -0.25) is 0 Å². The molecule has 0 N–H and O–H groups in total. The molecule has 24 aromatic carbocycles. The minimum Gasteiger partial charge on any atom is -0.311 e. The second-order valence-corrected chi connectivity index (χ2v) is 38.7. The molecule has 0 spiro atoms. The number of rotatable bonds is 20. The van der Waals surface area contributed by atoms with E-state index in [9.17, 15) is 0 Å². The predicted molar refractivity (Wildman–Crippen MR) is 634 cm³/mol. The monoisotopic (exact) mass is 1910 g/mol. The van der Waals surface area contributed by atoms with Crippen molar-refractivity contribution in [2.24, 2.45) is 0 Å². The molecule has 0 fully saturated rings. The van der Waals surface area contributed by atoms with E-state index in [2.05, 4.69) is 623 Å². The fourth-order valence-electron chi connectivity index (χ4n) is 22.5. The van der Waals surface area contributed by atoms with Gasteiger partial charge in [-0.2, -0.15) is 0 Å². The lowest BCUT2D eigenvalue weighted by molar-refractivity contribution is 1.17. The maximum absolute atomic E-state index is 2.43. The highest BCUT2D eigenvalue weighted by Gasteiger charge is 2.24. The highest BCUT2D eigenvalue weighted by Crippen LogP contribution is 2.47. The lowest BCUT2D eigenvalue weighted by Crippen LogP contribution is -2.10. The minimum absolute atomic E-state index is 1.08. The van der Waals surface area contributed by atoms with Crippen molar-refractivity contribution in [1.29, 1.82) is 0 Å². The van der Waals surface area contributed by atoms with Gasteiger partial charge in [0.05, 0.1) is 44.1 Å². The van der Waals surface area contributed by atoms with Crippen LogP contribution in [0.4, 0.5) is 34.1 Å². The van der Waals surface area contributed by atoms with Gasteiger partial charge in [-0.05, 0) is 330 Å². The Morgan fingerprint density at radius 1 is 0.0933 bits per heavy atom. The van der Waals surface area contributed by atoms with Crippen LogP contribution in [0.15, 0.2) is 595 Å². The summed E-state index contributed by atoms with van der Waals surface area (Å²) in [6, 6.07) is 216. The van der Waals surface area contributed by atoms with Crippen molar-refractivity contribution in [1.82, 2.24) is 18.3 Å². The molecule has 150 heavy (non-hydrogen) atoms. The molecule has 28 rings (SSSR count). The number of anilines is 6. The maximum Gasteiger partial charge on any atom is 0.0541 e. The summed E-state index contributed by atoms with van der Waals surface area (Å²) in [5.74, 6) is 0. The third-order valence-corrected chi connectivity index (χ3v) is 29.8. The van der Waals surface area contributed by atoms with Crippen LogP contribution in [0.3, 0.4) is 0 Å². The van der Waals surface area contributed by atoms with Gasteiger partial charge in [-0.15, -0.1) is 0 Å². The maximum atomic E-state index is 2.43. The SMILES string of the molecule is c1ccc(-c2ccc(-c3ccc4c(c3)c3cc(-c5ccc(-c6ccccc6)cc5)ccc3n4-c3ccc(N(c4ccccc4)c4ccc(-c5ccc6c(c5)c5ccccc5n6-c5ccccc5)cc4)cc3)cc2)cc1.c1ccc(-c2cccc(-c3ccc4c(c3)c3cc(-c5cccc(-c6ccccc6)c5)ccc3n4-c3ccc(N(c4ccccc4)c4ccc(-c5ccc6c(c5)c5ccccc5n6-c5ccccc5)cc4)cc3)c2)cc1. The largest absolute Gasteiger partial charge is 0.311 e. The molecule has 0 saturated carbocycles. The minimum atomic E-state index is 1.08. The Bertz CT molecular complexity index is 9560. The molecule has 0 amide bonds. The first-order chi connectivity index (χ1) is 74.4. The highest BCUT2D eigenvalue weighted by atomic mass is 15.2. The zero-order valence-electron chi connectivity index (χ0n) is 82.3. The van der Waals surface area contributed by atoms with Gasteiger partial charge >= 0.3 is 0 Å². The summed E-state index contributed by atoms with van der Waals surface area (Å²) in [4.78, 5) is 4.70. The first-order valence-corrected chi connectivity index (χ1v) is 51.5. The van der Waals surface area contributed by atoms with Crippen LogP contribution in [0.2, 0.25) is 0 Å². The zero-order chi connectivity index (χ0) is 99.3. The number of hydrogen-bond donors (Lipinski definition) is 0. The summed E-state index contributed by atoms with van der Waals surface area (Å²) < 4.78 is 9.59. The van der Waals surface area contributed by atoms with Crippen LogP contribution < -0.4 is 9.80 Å². The summed E-state index contributed by atoms with van der Waals surface area (Å²) in [7, 11) is 0. The van der Waals surface area contributed by atoms with E-state index in [-0.39, 0.29) is 0 Å². The van der Waals surface area contributed by atoms with E-state index in [0.717, 1.165) is 78.9 Å². The number of fused-ring (bicyclic) bond motifs is 12. The molecule has 0 bridgehead atoms. The highest BCUT2D eigenvalue weighted by molar-refractivity contribution is 6.15. The first-order valence-electron chi connectivity index (χ1n) is 51.5. The Hall–Kier alpha value is -19.9. The van der Waals surface area contributed by atoms with Crippen molar-refractivity contribution in [2.75, 3.05) is 9.80 Å². The van der Waals surface area contributed by atoms with Crippen molar-refractivity contribution in [3.63, 3.8) is 0 Å². The third kappa shape index (κ3) is 16.7. The summed E-state index contributed by atoms with van der Waals surface area (Å²) in [6.07, 6.45) is 0. The second-order valence-electron chi connectivity index (χ2n) is 38.7. The molecule has 704 valence electrons. The van der Waals surface area contributed by atoms with Gasteiger partial charge in [-0.1, -0.05) is 376 Å². The number of benzene rings is 24. The smallest absolute Gasteiger partial charge is 0.0541 e. The number of para-hydroxylation sites is 6. The Kier molecular flexibility index (Phi) is 22.9. The van der Waals surface area contributed by atoms with Crippen molar-refractivity contribution in [3.05, 3.63) is 595 Å². The van der Waals surface area contributed by atoms with E-state index in [1.165, 1.54) is 176 Å². The number of hydrogen-bond acceptors (Lipinski definition) is 2. The van der Waals surface area contributed by atoms with Gasteiger partial charge in [0, 0.05) is 100.0 Å². The molecule has 0 aliphatic carbocycles. The second kappa shape index (κ2) is 38.6. The van der Waals surface area contributed by atoms with Crippen molar-refractivity contribution >= 4 is 121 Å². The van der Waals surface area contributed by atoms with Crippen molar-refractivity contribution < 1.29 is 0 Å². The van der Waals surface area contributed by atoms with Gasteiger partial charge in [0.15, 0.2) is 0 Å². The molecule has 0 atom stereocenters. The third-order valence-electron chi connectivity index (χ3n) is 29.8. The Labute approximate surface area is 871 Å². The van der Waals surface area contributed by atoms with E-state index in [1.54, 1.807) is 0 Å².